The van der Waals surface area contributed by atoms with E-state index in [0.29, 0.717) is 0 Å². The fourth-order valence-electron chi connectivity index (χ4n) is 1.41. The normalized spacial score (nSPS) is 18.5. The van der Waals surface area contributed by atoms with Gasteiger partial charge in [-0.2, -0.15) is 0 Å². The van der Waals surface area contributed by atoms with Crippen LogP contribution >= 0.6 is 0 Å². The maximum Gasteiger partial charge on any atom is 0.290 e. The maximum absolute atomic E-state index is 8.36. The van der Waals surface area contributed by atoms with Gasteiger partial charge in [0.2, 0.25) is 0 Å². The van der Waals surface area contributed by atoms with Gasteiger partial charge in [0.1, 0.15) is 0 Å². The second-order valence-electron chi connectivity index (χ2n) is 2.93. The summed E-state index contributed by atoms with van der Waals surface area (Å²) in [5.74, 6) is 0. The van der Waals surface area contributed by atoms with Crippen LogP contribution in [0.2, 0.25) is 0 Å². The highest BCUT2D eigenvalue weighted by Gasteiger charge is 1.95. The summed E-state index contributed by atoms with van der Waals surface area (Å²) in [4.78, 5) is 8.36. The number of carbonyl (C=O) groups is 1. The van der Waals surface area contributed by atoms with E-state index in [4.69, 9.17) is 9.90 Å². The zero-order valence-corrected chi connectivity index (χ0v) is 7.09. The first-order valence-electron chi connectivity index (χ1n) is 4.49. The molecule has 1 rings (SSSR count). The molecule has 1 fully saturated rings. The summed E-state index contributed by atoms with van der Waals surface area (Å²) in [6.07, 6.45) is 12.0. The van der Waals surface area contributed by atoms with Gasteiger partial charge in [-0.3, -0.25) is 4.79 Å². The van der Waals surface area contributed by atoms with Crippen molar-refractivity contribution in [1.82, 2.24) is 0 Å². The molecule has 0 heterocycles. The van der Waals surface area contributed by atoms with Gasteiger partial charge in [0.15, 0.2) is 0 Å². The molecule has 66 valence electrons. The molecular weight excluding hydrogens is 140 g/mol. The molecule has 2 nitrogen and oxygen atoms in total. The molecule has 0 aromatic rings. The third-order valence-electron chi connectivity index (χ3n) is 2.00. The van der Waals surface area contributed by atoms with E-state index in [9.17, 15) is 0 Å². The average Bonchev–Trinajstić information content (AvgIpc) is 1.86. The molecule has 0 aliphatic heterocycles. The number of hydrogen-bond acceptors (Lipinski definition) is 1. The molecule has 2 heteroatoms. The third-order valence-corrected chi connectivity index (χ3v) is 2.00. The Morgan fingerprint density at radius 3 is 0.909 bits per heavy atom. The molecule has 0 spiro atoms. The molecule has 0 aromatic carbocycles. The number of rotatable bonds is 0. The van der Waals surface area contributed by atoms with Crippen LogP contribution in [0.3, 0.4) is 0 Å². The highest BCUT2D eigenvalue weighted by atomic mass is 16.3. The molecule has 0 saturated heterocycles. The third kappa shape index (κ3) is 9.47. The lowest BCUT2D eigenvalue weighted by molar-refractivity contribution is -0.122. The molecule has 0 aromatic heterocycles. The SMILES string of the molecule is C1CCCCCCC1.O=CO. The van der Waals surface area contributed by atoms with E-state index in [2.05, 4.69) is 0 Å². The zero-order chi connectivity index (χ0) is 8.36. The van der Waals surface area contributed by atoms with E-state index < -0.39 is 0 Å². The highest BCUT2D eigenvalue weighted by Crippen LogP contribution is 2.15. The summed E-state index contributed by atoms with van der Waals surface area (Å²) in [6, 6.07) is 0. The molecule has 1 saturated carbocycles. The fraction of sp³-hybridized carbons (Fsp3) is 0.889. The lowest BCUT2D eigenvalue weighted by atomic mass is 10.0. The van der Waals surface area contributed by atoms with E-state index in [1.54, 1.807) is 0 Å². The summed E-state index contributed by atoms with van der Waals surface area (Å²) in [5, 5.41) is 6.89. The van der Waals surface area contributed by atoms with Gasteiger partial charge in [0.05, 0.1) is 0 Å². The Kier molecular flexibility index (Phi) is 9.01. The van der Waals surface area contributed by atoms with Crippen molar-refractivity contribution in [2.75, 3.05) is 0 Å². The van der Waals surface area contributed by atoms with Crippen molar-refractivity contribution in [3.05, 3.63) is 0 Å². The maximum atomic E-state index is 8.36. The van der Waals surface area contributed by atoms with Crippen molar-refractivity contribution in [3.8, 4) is 0 Å². The smallest absolute Gasteiger partial charge is 0.290 e. The highest BCUT2D eigenvalue weighted by molar-refractivity contribution is 5.32. The first-order valence-corrected chi connectivity index (χ1v) is 4.49. The molecule has 1 N–H and O–H groups in total. The van der Waals surface area contributed by atoms with Crippen LogP contribution in [0.25, 0.3) is 0 Å². The quantitative estimate of drug-likeness (QED) is 0.550. The van der Waals surface area contributed by atoms with Crippen LogP contribution in [0.1, 0.15) is 51.4 Å². The zero-order valence-electron chi connectivity index (χ0n) is 7.09. The van der Waals surface area contributed by atoms with Crippen molar-refractivity contribution in [3.63, 3.8) is 0 Å². The van der Waals surface area contributed by atoms with Crippen LogP contribution in [0.5, 0.6) is 0 Å². The van der Waals surface area contributed by atoms with Gasteiger partial charge in [-0.05, 0) is 0 Å². The first kappa shape index (κ1) is 10.5. The van der Waals surface area contributed by atoms with Crippen molar-refractivity contribution < 1.29 is 9.90 Å². The molecule has 11 heavy (non-hydrogen) atoms. The van der Waals surface area contributed by atoms with Crippen molar-refractivity contribution in [2.45, 2.75) is 51.4 Å². The van der Waals surface area contributed by atoms with Gasteiger partial charge in [-0.25, -0.2) is 0 Å². The molecule has 1 aliphatic rings. The van der Waals surface area contributed by atoms with Crippen molar-refractivity contribution >= 4 is 6.47 Å². The Morgan fingerprint density at radius 2 is 0.818 bits per heavy atom. The van der Waals surface area contributed by atoms with Gasteiger partial charge < -0.3 is 5.11 Å². The minimum atomic E-state index is -0.250. The van der Waals surface area contributed by atoms with Crippen molar-refractivity contribution in [1.29, 1.82) is 0 Å². The second kappa shape index (κ2) is 9.47. The van der Waals surface area contributed by atoms with Crippen LogP contribution in [0.15, 0.2) is 0 Å². The van der Waals surface area contributed by atoms with Crippen LogP contribution in [0.4, 0.5) is 0 Å². The molecular formula is C9H18O2. The van der Waals surface area contributed by atoms with Gasteiger partial charge in [0.25, 0.3) is 6.47 Å². The monoisotopic (exact) mass is 158 g/mol. The Balaban J connectivity index is 0.000000292. The predicted molar refractivity (Wildman–Crippen MR) is 45.6 cm³/mol. The van der Waals surface area contributed by atoms with E-state index in [1.165, 1.54) is 51.4 Å². The Labute approximate surface area is 68.6 Å². The van der Waals surface area contributed by atoms with Gasteiger partial charge >= 0.3 is 0 Å². The Hall–Kier alpha value is -0.530. The number of carboxylic acid groups (broad SMARTS) is 1. The van der Waals surface area contributed by atoms with Crippen LogP contribution in [0, 0.1) is 0 Å². The molecule has 0 unspecified atom stereocenters. The average molecular weight is 158 g/mol. The second-order valence-corrected chi connectivity index (χ2v) is 2.93. The molecule has 0 atom stereocenters. The molecule has 0 radical (unpaired) electrons. The first-order chi connectivity index (χ1) is 5.41. The van der Waals surface area contributed by atoms with E-state index in [0.717, 1.165) is 0 Å². The fourth-order valence-corrected chi connectivity index (χ4v) is 1.41. The Morgan fingerprint density at radius 1 is 0.727 bits per heavy atom. The van der Waals surface area contributed by atoms with Crippen LogP contribution in [-0.4, -0.2) is 11.6 Å². The summed E-state index contributed by atoms with van der Waals surface area (Å²) in [5.41, 5.74) is 0. The molecule has 1 aliphatic carbocycles. The minimum Gasteiger partial charge on any atom is -0.483 e. The largest absolute Gasteiger partial charge is 0.483 e. The van der Waals surface area contributed by atoms with Crippen LogP contribution < -0.4 is 0 Å². The summed E-state index contributed by atoms with van der Waals surface area (Å²) in [7, 11) is 0. The minimum absolute atomic E-state index is 0.250. The molecule has 0 bridgehead atoms. The summed E-state index contributed by atoms with van der Waals surface area (Å²) in [6.45, 7) is -0.250. The molecule has 0 amide bonds. The van der Waals surface area contributed by atoms with Crippen LogP contribution in [-0.2, 0) is 4.79 Å². The van der Waals surface area contributed by atoms with E-state index >= 15 is 0 Å². The lowest BCUT2D eigenvalue weighted by Crippen LogP contribution is -1.85. The van der Waals surface area contributed by atoms with E-state index in [1.807, 2.05) is 0 Å². The van der Waals surface area contributed by atoms with Gasteiger partial charge in [-0.15, -0.1) is 0 Å². The standard InChI is InChI=1S/C8H16.CH2O2/c1-2-4-6-8-7-5-3-1;2-1-3/h1-8H2;1H,(H,2,3). The predicted octanol–water partition coefficient (Wildman–Crippen LogP) is 2.82. The summed E-state index contributed by atoms with van der Waals surface area (Å²) < 4.78 is 0. The van der Waals surface area contributed by atoms with Crippen molar-refractivity contribution in [2.24, 2.45) is 0 Å². The topological polar surface area (TPSA) is 37.3 Å². The Bertz CT molecular complexity index is 57.6. The number of hydrogen-bond donors (Lipinski definition) is 1. The van der Waals surface area contributed by atoms with E-state index in [-0.39, 0.29) is 6.47 Å². The summed E-state index contributed by atoms with van der Waals surface area (Å²) >= 11 is 0. The van der Waals surface area contributed by atoms with Gasteiger partial charge in [0, 0.05) is 0 Å². The van der Waals surface area contributed by atoms with Gasteiger partial charge in [-0.1, -0.05) is 51.4 Å². The lowest BCUT2D eigenvalue weighted by Gasteiger charge is -2.05.